The molecule has 1 heterocycles. The maximum atomic E-state index is 12.8. The van der Waals surface area contributed by atoms with E-state index in [1.54, 1.807) is 18.3 Å². The number of hydrogen-bond acceptors (Lipinski definition) is 4. The topological polar surface area (TPSA) is 59.2 Å². The van der Waals surface area contributed by atoms with Crippen LogP contribution in [-0.2, 0) is 0 Å². The number of rotatable bonds is 4. The van der Waals surface area contributed by atoms with E-state index in [1.165, 1.54) is 0 Å². The second-order valence-electron chi connectivity index (χ2n) is 5.19. The van der Waals surface area contributed by atoms with E-state index >= 15 is 0 Å². The first-order chi connectivity index (χ1) is 11.2. The third-order valence-electron chi connectivity index (χ3n) is 3.68. The summed E-state index contributed by atoms with van der Waals surface area (Å²) >= 11 is 0. The molecule has 2 aromatic carbocycles. The molecule has 23 heavy (non-hydrogen) atoms. The second kappa shape index (κ2) is 6.32. The molecule has 0 saturated heterocycles. The van der Waals surface area contributed by atoms with Gasteiger partial charge in [-0.15, -0.1) is 0 Å². The lowest BCUT2D eigenvalue weighted by Gasteiger charge is -2.22. The Kier molecular flexibility index (Phi) is 4.06. The van der Waals surface area contributed by atoms with Crippen molar-refractivity contribution in [3.63, 3.8) is 0 Å². The number of anilines is 3. The molecule has 4 heteroatoms. The van der Waals surface area contributed by atoms with Crippen molar-refractivity contribution < 1.29 is 4.79 Å². The van der Waals surface area contributed by atoms with E-state index in [2.05, 4.69) is 4.98 Å². The Labute approximate surface area is 135 Å². The van der Waals surface area contributed by atoms with E-state index in [-0.39, 0.29) is 5.78 Å². The van der Waals surface area contributed by atoms with Gasteiger partial charge in [0.25, 0.3) is 0 Å². The van der Waals surface area contributed by atoms with Gasteiger partial charge in [-0.1, -0.05) is 42.5 Å². The fourth-order valence-corrected chi connectivity index (χ4v) is 2.51. The van der Waals surface area contributed by atoms with Crippen LogP contribution in [0.2, 0.25) is 0 Å². The molecule has 0 aliphatic carbocycles. The first-order valence-corrected chi connectivity index (χ1v) is 7.31. The number of nitrogens with two attached hydrogens (primary N) is 1. The Bertz CT molecular complexity index is 831. The van der Waals surface area contributed by atoms with Gasteiger partial charge < -0.3 is 10.6 Å². The first kappa shape index (κ1) is 14.8. The number of benzene rings is 2. The number of nitrogen functional groups attached to an aromatic ring is 1. The largest absolute Gasteiger partial charge is 0.396 e. The zero-order valence-corrected chi connectivity index (χ0v) is 12.8. The summed E-state index contributed by atoms with van der Waals surface area (Å²) in [4.78, 5) is 19.0. The molecule has 0 amide bonds. The molecule has 3 rings (SSSR count). The first-order valence-electron chi connectivity index (χ1n) is 7.31. The molecule has 3 aromatic rings. The van der Waals surface area contributed by atoms with Gasteiger partial charge in [0.1, 0.15) is 0 Å². The van der Waals surface area contributed by atoms with Crippen molar-refractivity contribution in [1.82, 2.24) is 4.98 Å². The number of pyridine rings is 1. The molecule has 0 spiro atoms. The number of nitrogens with zero attached hydrogens (tertiary/aromatic N) is 2. The van der Waals surface area contributed by atoms with Crippen molar-refractivity contribution in [1.29, 1.82) is 0 Å². The van der Waals surface area contributed by atoms with Crippen molar-refractivity contribution >= 4 is 23.0 Å². The Morgan fingerprint density at radius 2 is 1.65 bits per heavy atom. The summed E-state index contributed by atoms with van der Waals surface area (Å²) in [6.07, 6.45) is 1.68. The normalized spacial score (nSPS) is 10.3. The van der Waals surface area contributed by atoms with Crippen LogP contribution >= 0.6 is 0 Å². The summed E-state index contributed by atoms with van der Waals surface area (Å²) in [5, 5.41) is 0. The average Bonchev–Trinajstić information content (AvgIpc) is 2.62. The van der Waals surface area contributed by atoms with E-state index in [0.717, 1.165) is 5.69 Å². The summed E-state index contributed by atoms with van der Waals surface area (Å²) in [6, 6.07) is 20.3. The molecular formula is C19H17N3O. The van der Waals surface area contributed by atoms with E-state index < -0.39 is 0 Å². The van der Waals surface area contributed by atoms with Crippen molar-refractivity contribution in [2.24, 2.45) is 0 Å². The standard InChI is InChI=1S/C19H17N3O/c1-22(19-16(20)11-7-13-21-19)17-12-6-5-10-15(17)18(23)14-8-3-2-4-9-14/h2-13H,20H2,1H3. The summed E-state index contributed by atoms with van der Waals surface area (Å²) < 4.78 is 0. The number of para-hydroxylation sites is 1. The van der Waals surface area contributed by atoms with Gasteiger partial charge in [0.15, 0.2) is 11.6 Å². The fourth-order valence-electron chi connectivity index (χ4n) is 2.51. The van der Waals surface area contributed by atoms with Gasteiger partial charge in [-0.25, -0.2) is 4.98 Å². The molecule has 2 N–H and O–H groups in total. The predicted molar refractivity (Wildman–Crippen MR) is 93.0 cm³/mol. The van der Waals surface area contributed by atoms with Gasteiger partial charge in [-0.2, -0.15) is 0 Å². The van der Waals surface area contributed by atoms with Crippen molar-refractivity contribution in [2.45, 2.75) is 0 Å². The summed E-state index contributed by atoms with van der Waals surface area (Å²) in [5.74, 6) is 0.600. The predicted octanol–water partition coefficient (Wildman–Crippen LogP) is 3.66. The fraction of sp³-hybridized carbons (Fsp3) is 0.0526. The maximum absolute atomic E-state index is 12.8. The van der Waals surface area contributed by atoms with Crippen LogP contribution in [0.5, 0.6) is 0 Å². The van der Waals surface area contributed by atoms with Crippen LogP contribution in [0.25, 0.3) is 0 Å². The van der Waals surface area contributed by atoms with E-state index in [0.29, 0.717) is 22.6 Å². The molecule has 0 unspecified atom stereocenters. The Morgan fingerprint density at radius 1 is 0.957 bits per heavy atom. The number of aromatic nitrogens is 1. The van der Waals surface area contributed by atoms with Gasteiger partial charge in [0.2, 0.25) is 0 Å². The smallest absolute Gasteiger partial charge is 0.195 e. The van der Waals surface area contributed by atoms with Gasteiger partial charge in [-0.05, 0) is 24.3 Å². The Morgan fingerprint density at radius 3 is 2.39 bits per heavy atom. The summed E-state index contributed by atoms with van der Waals surface area (Å²) in [6.45, 7) is 0. The van der Waals surface area contributed by atoms with Crippen LogP contribution in [0.4, 0.5) is 17.2 Å². The molecule has 0 saturated carbocycles. The van der Waals surface area contributed by atoms with Crippen LogP contribution < -0.4 is 10.6 Å². The monoisotopic (exact) mass is 303 g/mol. The summed E-state index contributed by atoms with van der Waals surface area (Å²) in [5.41, 5.74) is 8.62. The van der Waals surface area contributed by atoms with E-state index in [1.807, 2.05) is 66.5 Å². The van der Waals surface area contributed by atoms with E-state index in [4.69, 9.17) is 5.73 Å². The molecular weight excluding hydrogens is 286 g/mol. The van der Waals surface area contributed by atoms with Gasteiger partial charge in [0, 0.05) is 24.4 Å². The molecule has 4 nitrogen and oxygen atoms in total. The van der Waals surface area contributed by atoms with Crippen LogP contribution in [0.3, 0.4) is 0 Å². The highest BCUT2D eigenvalue weighted by Crippen LogP contribution is 2.30. The summed E-state index contributed by atoms with van der Waals surface area (Å²) in [7, 11) is 1.86. The molecule has 0 aliphatic heterocycles. The average molecular weight is 303 g/mol. The number of ketones is 1. The zero-order valence-electron chi connectivity index (χ0n) is 12.8. The molecule has 0 radical (unpaired) electrons. The lowest BCUT2D eigenvalue weighted by atomic mass is 10.0. The minimum atomic E-state index is -0.0254. The SMILES string of the molecule is CN(c1ccccc1C(=O)c1ccccc1)c1ncccc1N. The lowest BCUT2D eigenvalue weighted by molar-refractivity contribution is 0.103. The third-order valence-corrected chi connectivity index (χ3v) is 3.68. The molecule has 0 bridgehead atoms. The quantitative estimate of drug-likeness (QED) is 0.747. The number of carbonyl (C=O) groups excluding carboxylic acids is 1. The maximum Gasteiger partial charge on any atom is 0.195 e. The highest BCUT2D eigenvalue weighted by molar-refractivity contribution is 6.12. The van der Waals surface area contributed by atoms with Crippen molar-refractivity contribution in [3.8, 4) is 0 Å². The van der Waals surface area contributed by atoms with Crippen LogP contribution in [0.1, 0.15) is 15.9 Å². The Hall–Kier alpha value is -3.14. The zero-order chi connectivity index (χ0) is 16.2. The van der Waals surface area contributed by atoms with Crippen molar-refractivity contribution in [3.05, 3.63) is 84.1 Å². The molecule has 0 atom stereocenters. The van der Waals surface area contributed by atoms with Gasteiger partial charge in [-0.3, -0.25) is 4.79 Å². The number of hydrogen-bond donors (Lipinski definition) is 1. The van der Waals surface area contributed by atoms with Gasteiger partial charge in [0.05, 0.1) is 11.4 Å². The lowest BCUT2D eigenvalue weighted by Crippen LogP contribution is -2.17. The van der Waals surface area contributed by atoms with Gasteiger partial charge >= 0.3 is 0 Å². The molecule has 0 fully saturated rings. The molecule has 0 aliphatic rings. The number of carbonyl (C=O) groups is 1. The Balaban J connectivity index is 2.05. The highest BCUT2D eigenvalue weighted by atomic mass is 16.1. The van der Waals surface area contributed by atoms with Crippen LogP contribution in [0.15, 0.2) is 72.9 Å². The minimum absolute atomic E-state index is 0.0254. The molecule has 1 aromatic heterocycles. The van der Waals surface area contributed by atoms with E-state index in [9.17, 15) is 4.79 Å². The second-order valence-corrected chi connectivity index (χ2v) is 5.19. The van der Waals surface area contributed by atoms with Crippen LogP contribution in [-0.4, -0.2) is 17.8 Å². The minimum Gasteiger partial charge on any atom is -0.396 e. The third kappa shape index (κ3) is 2.92. The van der Waals surface area contributed by atoms with Crippen LogP contribution in [0, 0.1) is 0 Å². The van der Waals surface area contributed by atoms with Crippen molar-refractivity contribution in [2.75, 3.05) is 17.7 Å². The highest BCUT2D eigenvalue weighted by Gasteiger charge is 2.18. The molecule has 114 valence electrons.